The molecule has 0 atom stereocenters. The first-order chi connectivity index (χ1) is 21.5. The van der Waals surface area contributed by atoms with E-state index >= 15 is 0 Å². The number of aromatic nitrogens is 2. The zero-order chi connectivity index (χ0) is 31.3. The van der Waals surface area contributed by atoms with E-state index in [1.165, 1.54) is 27.6 Å². The van der Waals surface area contributed by atoms with Crippen LogP contribution >= 0.6 is 0 Å². The number of para-hydroxylation sites is 2. The Morgan fingerprint density at radius 3 is 2.02 bits per heavy atom. The van der Waals surface area contributed by atoms with Gasteiger partial charge in [-0.25, -0.2) is 4.98 Å². The first-order valence-corrected chi connectivity index (χ1v) is 15.6. The van der Waals surface area contributed by atoms with E-state index in [9.17, 15) is 0 Å². The van der Waals surface area contributed by atoms with Gasteiger partial charge in [0.1, 0.15) is 17.3 Å². The number of anilines is 2. The van der Waals surface area contributed by atoms with E-state index in [1.54, 1.807) is 0 Å². The van der Waals surface area contributed by atoms with Gasteiger partial charge in [-0.1, -0.05) is 77.9 Å². The van der Waals surface area contributed by atoms with Gasteiger partial charge >= 0.3 is 0 Å². The Kier molecular flexibility index (Phi) is 6.92. The highest BCUT2D eigenvalue weighted by molar-refractivity contribution is 6.09. The van der Waals surface area contributed by atoms with E-state index in [0.717, 1.165) is 40.7 Å². The number of rotatable bonds is 5. The van der Waals surface area contributed by atoms with Crippen LogP contribution < -0.4 is 14.5 Å². The minimum absolute atomic E-state index is 0.0170. The molecule has 45 heavy (non-hydrogen) atoms. The Bertz CT molecular complexity index is 2040. The minimum Gasteiger partial charge on any atom is -0.457 e. The molecule has 5 heteroatoms. The van der Waals surface area contributed by atoms with Crippen molar-refractivity contribution in [3.05, 3.63) is 133 Å². The van der Waals surface area contributed by atoms with Gasteiger partial charge in [0.25, 0.3) is 0 Å². The molecule has 1 aliphatic rings. The Hall–Kier alpha value is -5.03. The van der Waals surface area contributed by atoms with Gasteiger partial charge in [-0.15, -0.1) is 0 Å². The summed E-state index contributed by atoms with van der Waals surface area (Å²) in [6, 6.07) is 36.3. The zero-order valence-electron chi connectivity index (χ0n) is 27.0. The van der Waals surface area contributed by atoms with Crippen molar-refractivity contribution in [3.8, 4) is 17.3 Å². The molecule has 0 fully saturated rings. The number of fused-ring (bicyclic) bond motifs is 3. The first-order valence-electron chi connectivity index (χ1n) is 15.6. The van der Waals surface area contributed by atoms with Crippen molar-refractivity contribution in [3.63, 3.8) is 0 Å². The van der Waals surface area contributed by atoms with Gasteiger partial charge in [0.2, 0.25) is 0 Å². The summed E-state index contributed by atoms with van der Waals surface area (Å²) in [4.78, 5) is 9.36. The van der Waals surface area contributed by atoms with Gasteiger partial charge < -0.3 is 14.5 Å². The van der Waals surface area contributed by atoms with E-state index in [0.29, 0.717) is 0 Å². The predicted octanol–water partition coefficient (Wildman–Crippen LogP) is 10.3. The normalized spacial score (nSPS) is 13.7. The SMILES string of the molecule is CC(C)(C)c1cc(Oc2ccc3c4ccccc4n(-c4cc(C(C)(C)C)ccn4)c3c2)cc(N2C=CN(c3ccccc3)C2)c1. The Morgan fingerprint density at radius 2 is 1.27 bits per heavy atom. The fourth-order valence-electron chi connectivity index (χ4n) is 6.02. The summed E-state index contributed by atoms with van der Waals surface area (Å²) in [5.41, 5.74) is 6.92. The van der Waals surface area contributed by atoms with Gasteiger partial charge in [-0.3, -0.25) is 4.57 Å². The second-order valence-corrected chi connectivity index (χ2v) is 14.0. The molecule has 5 nitrogen and oxygen atoms in total. The Balaban J connectivity index is 1.29. The maximum absolute atomic E-state index is 6.70. The first kappa shape index (κ1) is 28.7. The number of hydrogen-bond acceptors (Lipinski definition) is 4. The van der Waals surface area contributed by atoms with Gasteiger partial charge in [-0.05, 0) is 76.6 Å². The van der Waals surface area contributed by atoms with Crippen LogP contribution in [0.1, 0.15) is 52.7 Å². The molecule has 6 aromatic rings. The molecule has 0 aliphatic carbocycles. The zero-order valence-corrected chi connectivity index (χ0v) is 27.0. The molecule has 4 aromatic carbocycles. The monoisotopic (exact) mass is 592 g/mol. The second-order valence-electron chi connectivity index (χ2n) is 14.0. The van der Waals surface area contributed by atoms with Crippen molar-refractivity contribution >= 4 is 33.2 Å². The average molecular weight is 593 g/mol. The van der Waals surface area contributed by atoms with Crippen LogP contribution in [-0.2, 0) is 10.8 Å². The van der Waals surface area contributed by atoms with Crippen molar-refractivity contribution in [1.29, 1.82) is 0 Å². The van der Waals surface area contributed by atoms with E-state index in [-0.39, 0.29) is 10.8 Å². The molecule has 0 amide bonds. The standard InChI is InChI=1S/C40H40N4O/c1-39(2,3)28-18-19-41-38(24-28)44-36-15-11-10-14-34(36)35-17-16-32(26-37(35)44)45-33-23-29(40(4,5)6)22-31(25-33)43-21-20-42(27-43)30-12-8-7-9-13-30/h7-26H,27H2,1-6H3. The fraction of sp³-hybridized carbons (Fsp3) is 0.225. The summed E-state index contributed by atoms with van der Waals surface area (Å²) >= 11 is 0. The van der Waals surface area contributed by atoms with Crippen molar-refractivity contribution in [2.75, 3.05) is 16.5 Å². The van der Waals surface area contributed by atoms with Crippen LogP contribution in [0, 0.1) is 0 Å². The summed E-state index contributed by atoms with van der Waals surface area (Å²) < 4.78 is 8.96. The molecular weight excluding hydrogens is 552 g/mol. The van der Waals surface area contributed by atoms with Gasteiger partial charge in [0.15, 0.2) is 0 Å². The summed E-state index contributed by atoms with van der Waals surface area (Å²) in [5, 5.41) is 2.37. The summed E-state index contributed by atoms with van der Waals surface area (Å²) in [6.45, 7) is 14.2. The molecule has 0 bridgehead atoms. The lowest BCUT2D eigenvalue weighted by Crippen LogP contribution is -2.25. The number of benzene rings is 4. The molecule has 0 saturated carbocycles. The van der Waals surface area contributed by atoms with Gasteiger partial charge in [0.05, 0.1) is 17.7 Å². The fourth-order valence-corrected chi connectivity index (χ4v) is 6.02. The Morgan fingerprint density at radius 1 is 0.578 bits per heavy atom. The molecule has 7 rings (SSSR count). The molecule has 0 spiro atoms. The lowest BCUT2D eigenvalue weighted by molar-refractivity contribution is 0.479. The maximum atomic E-state index is 6.70. The van der Waals surface area contributed by atoms with E-state index in [1.807, 2.05) is 12.3 Å². The highest BCUT2D eigenvalue weighted by Gasteiger charge is 2.22. The summed E-state index contributed by atoms with van der Waals surface area (Å²) in [6.07, 6.45) is 6.19. The molecule has 2 aromatic heterocycles. The van der Waals surface area contributed by atoms with E-state index in [4.69, 9.17) is 9.72 Å². The largest absolute Gasteiger partial charge is 0.457 e. The average Bonchev–Trinajstić information content (AvgIpc) is 3.64. The molecule has 1 aliphatic heterocycles. The quantitative estimate of drug-likeness (QED) is 0.199. The smallest absolute Gasteiger partial charge is 0.137 e. The lowest BCUT2D eigenvalue weighted by atomic mass is 9.86. The van der Waals surface area contributed by atoms with E-state index < -0.39 is 0 Å². The van der Waals surface area contributed by atoms with Gasteiger partial charge in [-0.2, -0.15) is 0 Å². The van der Waals surface area contributed by atoms with Crippen LogP contribution in [0.3, 0.4) is 0 Å². The van der Waals surface area contributed by atoms with Crippen LogP contribution in [0.4, 0.5) is 11.4 Å². The molecule has 0 saturated heterocycles. The molecule has 3 heterocycles. The van der Waals surface area contributed by atoms with Crippen molar-refractivity contribution in [2.24, 2.45) is 0 Å². The van der Waals surface area contributed by atoms with Crippen molar-refractivity contribution in [1.82, 2.24) is 9.55 Å². The van der Waals surface area contributed by atoms with Crippen LogP contribution in [0.15, 0.2) is 122 Å². The second kappa shape index (κ2) is 10.8. The third-order valence-electron chi connectivity index (χ3n) is 8.63. The highest BCUT2D eigenvalue weighted by Crippen LogP contribution is 2.38. The van der Waals surface area contributed by atoms with E-state index in [2.05, 4.69) is 165 Å². The van der Waals surface area contributed by atoms with Crippen molar-refractivity contribution in [2.45, 2.75) is 52.4 Å². The summed E-state index contributed by atoms with van der Waals surface area (Å²) in [5.74, 6) is 2.52. The number of nitrogens with zero attached hydrogens (tertiary/aromatic N) is 4. The number of pyridine rings is 1. The molecule has 0 radical (unpaired) electrons. The highest BCUT2D eigenvalue weighted by atomic mass is 16.5. The molecule has 0 N–H and O–H groups in total. The number of hydrogen-bond donors (Lipinski definition) is 0. The number of ether oxygens (including phenoxy) is 1. The lowest BCUT2D eigenvalue weighted by Gasteiger charge is -2.26. The third-order valence-corrected chi connectivity index (χ3v) is 8.63. The predicted molar refractivity (Wildman–Crippen MR) is 188 cm³/mol. The van der Waals surface area contributed by atoms with Crippen LogP contribution in [0.5, 0.6) is 11.5 Å². The van der Waals surface area contributed by atoms with Crippen LogP contribution in [0.2, 0.25) is 0 Å². The maximum Gasteiger partial charge on any atom is 0.137 e. The topological polar surface area (TPSA) is 33.5 Å². The molecule has 0 unspecified atom stereocenters. The third kappa shape index (κ3) is 5.55. The molecule has 226 valence electrons. The summed E-state index contributed by atoms with van der Waals surface area (Å²) in [7, 11) is 0. The van der Waals surface area contributed by atoms with Crippen LogP contribution in [0.25, 0.3) is 27.6 Å². The van der Waals surface area contributed by atoms with Crippen molar-refractivity contribution < 1.29 is 4.74 Å². The minimum atomic E-state index is -0.0448. The van der Waals surface area contributed by atoms with Gasteiger partial charge in [0, 0.05) is 52.9 Å². The van der Waals surface area contributed by atoms with Crippen LogP contribution in [-0.4, -0.2) is 16.2 Å². The molecular formula is C40H40N4O. The Labute approximate surface area is 266 Å².